The van der Waals surface area contributed by atoms with Crippen LogP contribution in [0.15, 0.2) is 34.7 Å². The molecule has 25 heavy (non-hydrogen) atoms. The fourth-order valence-corrected chi connectivity index (χ4v) is 3.46. The third kappa shape index (κ3) is 4.28. The summed E-state index contributed by atoms with van der Waals surface area (Å²) >= 11 is 0. The number of aryl methyl sites for hydroxylation is 2. The zero-order valence-corrected chi connectivity index (χ0v) is 15.1. The summed E-state index contributed by atoms with van der Waals surface area (Å²) in [5, 5.41) is 0. The number of nitrogens with two attached hydrogens (primary N) is 1. The number of aromatic nitrogens is 1. The van der Waals surface area contributed by atoms with Crippen LogP contribution in [0.3, 0.4) is 0 Å². The van der Waals surface area contributed by atoms with Gasteiger partial charge in [-0.3, -0.25) is 4.79 Å². The Morgan fingerprint density at radius 1 is 1.32 bits per heavy atom. The van der Waals surface area contributed by atoms with Crippen LogP contribution in [0.1, 0.15) is 37.8 Å². The van der Waals surface area contributed by atoms with Gasteiger partial charge in [0, 0.05) is 37.5 Å². The van der Waals surface area contributed by atoms with Crippen LogP contribution in [-0.4, -0.2) is 34.9 Å². The van der Waals surface area contributed by atoms with Gasteiger partial charge in [0.05, 0.1) is 5.69 Å². The quantitative estimate of drug-likeness (QED) is 0.906. The Bertz CT molecular complexity index is 701. The maximum atomic E-state index is 12.4. The van der Waals surface area contributed by atoms with Crippen molar-refractivity contribution in [1.82, 2.24) is 9.88 Å². The normalized spacial score (nSPS) is 16.8. The van der Waals surface area contributed by atoms with Crippen molar-refractivity contribution < 1.29 is 9.21 Å². The van der Waals surface area contributed by atoms with Crippen LogP contribution in [-0.2, 0) is 11.2 Å². The zero-order valence-electron chi connectivity index (χ0n) is 15.1. The lowest BCUT2D eigenvalue weighted by Gasteiger charge is -2.33. The highest BCUT2D eigenvalue weighted by Gasteiger charge is 2.25. The lowest BCUT2D eigenvalue weighted by Crippen LogP contribution is -2.42. The Morgan fingerprint density at radius 3 is 2.64 bits per heavy atom. The molecule has 1 atom stereocenters. The SMILES string of the molecule is Cc1nc(CCC(=O)N2CCC(C(C)N)CC2)oc1-c1ccccc1. The highest BCUT2D eigenvalue weighted by Crippen LogP contribution is 2.25. The Labute approximate surface area is 149 Å². The Balaban J connectivity index is 1.55. The van der Waals surface area contributed by atoms with Crippen molar-refractivity contribution in [3.05, 3.63) is 41.9 Å². The first-order valence-corrected chi connectivity index (χ1v) is 9.09. The van der Waals surface area contributed by atoms with Crippen molar-refractivity contribution >= 4 is 5.91 Å². The average molecular weight is 341 g/mol. The molecule has 0 saturated carbocycles. The highest BCUT2D eigenvalue weighted by molar-refractivity contribution is 5.76. The average Bonchev–Trinajstić information content (AvgIpc) is 3.01. The van der Waals surface area contributed by atoms with E-state index in [1.54, 1.807) is 0 Å². The van der Waals surface area contributed by atoms with Gasteiger partial charge in [-0.05, 0) is 32.6 Å². The summed E-state index contributed by atoms with van der Waals surface area (Å²) in [7, 11) is 0. The van der Waals surface area contributed by atoms with Crippen LogP contribution in [0.5, 0.6) is 0 Å². The lowest BCUT2D eigenvalue weighted by molar-refractivity contribution is -0.132. The molecular formula is C20H27N3O2. The molecule has 5 heteroatoms. The molecule has 3 rings (SSSR count). The number of carbonyl (C=O) groups excluding carboxylic acids is 1. The van der Waals surface area contributed by atoms with E-state index in [4.69, 9.17) is 10.2 Å². The molecule has 1 aromatic heterocycles. The maximum Gasteiger partial charge on any atom is 0.223 e. The van der Waals surface area contributed by atoms with E-state index in [0.29, 0.717) is 24.7 Å². The summed E-state index contributed by atoms with van der Waals surface area (Å²) < 4.78 is 5.89. The van der Waals surface area contributed by atoms with Gasteiger partial charge in [0.2, 0.25) is 5.91 Å². The van der Waals surface area contributed by atoms with Crippen molar-refractivity contribution in [2.75, 3.05) is 13.1 Å². The fraction of sp³-hybridized carbons (Fsp3) is 0.500. The molecule has 0 bridgehead atoms. The Morgan fingerprint density at radius 2 is 2.00 bits per heavy atom. The van der Waals surface area contributed by atoms with Crippen LogP contribution in [0.25, 0.3) is 11.3 Å². The topological polar surface area (TPSA) is 72.4 Å². The molecule has 1 aliphatic rings. The number of rotatable bonds is 5. The number of nitrogens with zero attached hydrogens (tertiary/aromatic N) is 2. The van der Waals surface area contributed by atoms with E-state index in [0.717, 1.165) is 42.9 Å². The van der Waals surface area contributed by atoms with Gasteiger partial charge in [0.1, 0.15) is 0 Å². The number of carbonyl (C=O) groups is 1. The van der Waals surface area contributed by atoms with Gasteiger partial charge in [-0.2, -0.15) is 0 Å². The largest absolute Gasteiger partial charge is 0.440 e. The molecule has 5 nitrogen and oxygen atoms in total. The van der Waals surface area contributed by atoms with Gasteiger partial charge >= 0.3 is 0 Å². The Hall–Kier alpha value is -2.14. The highest BCUT2D eigenvalue weighted by atomic mass is 16.4. The van der Waals surface area contributed by atoms with Crippen LogP contribution in [0.2, 0.25) is 0 Å². The molecular weight excluding hydrogens is 314 g/mol. The van der Waals surface area contributed by atoms with Crippen molar-refractivity contribution in [2.24, 2.45) is 11.7 Å². The zero-order chi connectivity index (χ0) is 17.8. The van der Waals surface area contributed by atoms with Crippen LogP contribution < -0.4 is 5.73 Å². The molecule has 1 unspecified atom stereocenters. The first kappa shape index (κ1) is 17.7. The van der Waals surface area contributed by atoms with Crippen LogP contribution in [0, 0.1) is 12.8 Å². The molecule has 134 valence electrons. The second kappa shape index (κ2) is 7.83. The van der Waals surface area contributed by atoms with Gasteiger partial charge in [0.25, 0.3) is 0 Å². The minimum Gasteiger partial charge on any atom is -0.440 e. The molecule has 0 spiro atoms. The molecule has 1 saturated heterocycles. The first-order valence-electron chi connectivity index (χ1n) is 9.09. The molecule has 0 aliphatic carbocycles. The number of oxazole rings is 1. The number of benzene rings is 1. The molecule has 1 aromatic carbocycles. The molecule has 0 radical (unpaired) electrons. The Kier molecular flexibility index (Phi) is 5.53. The summed E-state index contributed by atoms with van der Waals surface area (Å²) in [5.74, 6) is 2.14. The summed E-state index contributed by atoms with van der Waals surface area (Å²) in [5.41, 5.74) is 7.85. The number of hydrogen-bond donors (Lipinski definition) is 1. The van der Waals surface area contributed by atoms with Crippen LogP contribution in [0.4, 0.5) is 0 Å². The van der Waals surface area contributed by atoms with E-state index in [-0.39, 0.29) is 11.9 Å². The van der Waals surface area contributed by atoms with E-state index < -0.39 is 0 Å². The standard InChI is InChI=1S/C20H27N3O2/c1-14(21)16-10-12-23(13-11-16)19(24)9-8-18-22-15(2)20(25-18)17-6-4-3-5-7-17/h3-7,14,16H,8-13,21H2,1-2H3. The van der Waals surface area contributed by atoms with Gasteiger partial charge in [-0.1, -0.05) is 30.3 Å². The summed E-state index contributed by atoms with van der Waals surface area (Å²) in [6, 6.07) is 10.2. The third-order valence-corrected chi connectivity index (χ3v) is 5.07. The minimum absolute atomic E-state index is 0.181. The molecule has 1 aliphatic heterocycles. The molecule has 2 aromatic rings. The van der Waals surface area contributed by atoms with E-state index in [2.05, 4.69) is 11.9 Å². The second-order valence-electron chi connectivity index (χ2n) is 6.97. The summed E-state index contributed by atoms with van der Waals surface area (Å²) in [6.45, 7) is 5.61. The molecule has 2 N–H and O–H groups in total. The fourth-order valence-electron chi connectivity index (χ4n) is 3.46. The van der Waals surface area contributed by atoms with Gasteiger partial charge in [-0.25, -0.2) is 4.98 Å². The van der Waals surface area contributed by atoms with Crippen molar-refractivity contribution in [3.63, 3.8) is 0 Å². The smallest absolute Gasteiger partial charge is 0.223 e. The van der Waals surface area contributed by atoms with Crippen molar-refractivity contribution in [2.45, 2.75) is 45.6 Å². The predicted molar refractivity (Wildman–Crippen MR) is 98.0 cm³/mol. The third-order valence-electron chi connectivity index (χ3n) is 5.07. The second-order valence-corrected chi connectivity index (χ2v) is 6.97. The maximum absolute atomic E-state index is 12.4. The first-order chi connectivity index (χ1) is 12.0. The van der Waals surface area contributed by atoms with E-state index in [9.17, 15) is 4.79 Å². The van der Waals surface area contributed by atoms with E-state index in [1.807, 2.05) is 42.2 Å². The van der Waals surface area contributed by atoms with Gasteiger partial charge in [0.15, 0.2) is 11.7 Å². The van der Waals surface area contributed by atoms with Crippen LogP contribution >= 0.6 is 0 Å². The lowest BCUT2D eigenvalue weighted by atomic mass is 9.91. The molecule has 1 amide bonds. The van der Waals surface area contributed by atoms with E-state index in [1.165, 1.54) is 0 Å². The number of piperidine rings is 1. The number of amides is 1. The van der Waals surface area contributed by atoms with Gasteiger partial charge < -0.3 is 15.1 Å². The summed E-state index contributed by atoms with van der Waals surface area (Å²) in [4.78, 5) is 18.9. The number of hydrogen-bond acceptors (Lipinski definition) is 4. The monoisotopic (exact) mass is 341 g/mol. The summed E-state index contributed by atoms with van der Waals surface area (Å²) in [6.07, 6.45) is 2.98. The number of likely N-dealkylation sites (tertiary alicyclic amines) is 1. The van der Waals surface area contributed by atoms with E-state index >= 15 is 0 Å². The van der Waals surface area contributed by atoms with Crippen molar-refractivity contribution in [3.8, 4) is 11.3 Å². The predicted octanol–water partition coefficient (Wildman–Crippen LogP) is 3.17. The van der Waals surface area contributed by atoms with Crippen molar-refractivity contribution in [1.29, 1.82) is 0 Å². The molecule has 2 heterocycles. The molecule has 1 fully saturated rings. The minimum atomic E-state index is 0.181. The van der Waals surface area contributed by atoms with Gasteiger partial charge in [-0.15, -0.1) is 0 Å².